The van der Waals surface area contributed by atoms with E-state index < -0.39 is 21.9 Å². The SMILES string of the molecule is C=CC1=C(C(C=Cc2ccc(OC)cc2)C(=O)OCC)CN(S(=O)(=O)c2ccc(C)cc2)C1. The zero-order valence-electron chi connectivity index (χ0n) is 19.2. The van der Waals surface area contributed by atoms with E-state index in [1.807, 2.05) is 37.3 Å². The van der Waals surface area contributed by atoms with Crippen LogP contribution in [0, 0.1) is 12.8 Å². The normalized spacial score (nSPS) is 15.6. The van der Waals surface area contributed by atoms with Crippen LogP contribution in [-0.4, -0.2) is 45.5 Å². The Labute approximate surface area is 195 Å². The van der Waals surface area contributed by atoms with E-state index in [9.17, 15) is 13.2 Å². The van der Waals surface area contributed by atoms with Crippen molar-refractivity contribution in [2.24, 2.45) is 5.92 Å². The fourth-order valence-electron chi connectivity index (χ4n) is 3.65. The Hall–Kier alpha value is -3.16. The van der Waals surface area contributed by atoms with Crippen LogP contribution >= 0.6 is 0 Å². The number of carbonyl (C=O) groups excluding carboxylic acids is 1. The first-order chi connectivity index (χ1) is 15.8. The number of hydrogen-bond acceptors (Lipinski definition) is 5. The third-order valence-electron chi connectivity index (χ3n) is 5.52. The molecule has 33 heavy (non-hydrogen) atoms. The minimum absolute atomic E-state index is 0.0913. The van der Waals surface area contributed by atoms with Gasteiger partial charge in [0.2, 0.25) is 10.0 Å². The van der Waals surface area contributed by atoms with Gasteiger partial charge in [-0.1, -0.05) is 54.6 Å². The molecule has 0 saturated heterocycles. The lowest BCUT2D eigenvalue weighted by molar-refractivity contribution is -0.145. The monoisotopic (exact) mass is 467 g/mol. The summed E-state index contributed by atoms with van der Waals surface area (Å²) in [6, 6.07) is 14.2. The number of sulfonamides is 1. The van der Waals surface area contributed by atoms with Crippen molar-refractivity contribution in [2.45, 2.75) is 18.7 Å². The number of aryl methyl sites for hydroxylation is 1. The molecule has 0 amide bonds. The Morgan fingerprint density at radius 2 is 1.79 bits per heavy atom. The molecule has 0 aliphatic carbocycles. The second-order valence-corrected chi connectivity index (χ2v) is 9.64. The van der Waals surface area contributed by atoms with Gasteiger partial charge in [0.1, 0.15) is 5.75 Å². The molecule has 3 rings (SSSR count). The highest BCUT2D eigenvalue weighted by atomic mass is 32.2. The van der Waals surface area contributed by atoms with Crippen LogP contribution in [-0.2, 0) is 19.6 Å². The summed E-state index contributed by atoms with van der Waals surface area (Å²) >= 11 is 0. The molecule has 2 aromatic rings. The van der Waals surface area contributed by atoms with Crippen LogP contribution in [0.1, 0.15) is 18.1 Å². The average Bonchev–Trinajstić information content (AvgIpc) is 3.25. The van der Waals surface area contributed by atoms with Gasteiger partial charge in [-0.05, 0) is 54.8 Å². The van der Waals surface area contributed by atoms with Crippen LogP contribution in [0.2, 0.25) is 0 Å². The van der Waals surface area contributed by atoms with Crippen LogP contribution in [0.25, 0.3) is 6.08 Å². The number of carbonyl (C=O) groups is 1. The van der Waals surface area contributed by atoms with Crippen molar-refractivity contribution in [3.63, 3.8) is 0 Å². The van der Waals surface area contributed by atoms with Crippen molar-refractivity contribution in [3.8, 4) is 5.75 Å². The second-order valence-electron chi connectivity index (χ2n) is 7.70. The maximum atomic E-state index is 13.2. The van der Waals surface area contributed by atoms with Gasteiger partial charge in [-0.25, -0.2) is 8.42 Å². The van der Waals surface area contributed by atoms with Crippen molar-refractivity contribution >= 4 is 22.1 Å². The Kier molecular flexibility index (Phi) is 7.89. The zero-order chi connectivity index (χ0) is 24.0. The summed E-state index contributed by atoms with van der Waals surface area (Å²) in [5.74, 6) is -0.414. The van der Waals surface area contributed by atoms with E-state index in [0.717, 1.165) is 16.9 Å². The van der Waals surface area contributed by atoms with Gasteiger partial charge in [0.25, 0.3) is 0 Å². The lowest BCUT2D eigenvalue weighted by atomic mass is 9.94. The number of ether oxygens (including phenoxy) is 2. The van der Waals surface area contributed by atoms with Crippen molar-refractivity contribution in [3.05, 3.63) is 89.5 Å². The van der Waals surface area contributed by atoms with Gasteiger partial charge < -0.3 is 9.47 Å². The van der Waals surface area contributed by atoms with Gasteiger partial charge in [-0.15, -0.1) is 0 Å². The first kappa shape index (κ1) is 24.5. The van der Waals surface area contributed by atoms with E-state index >= 15 is 0 Å². The Bertz CT molecular complexity index is 1160. The summed E-state index contributed by atoms with van der Waals surface area (Å²) in [7, 11) is -2.13. The smallest absolute Gasteiger partial charge is 0.317 e. The Morgan fingerprint density at radius 1 is 1.12 bits per heavy atom. The molecule has 0 fully saturated rings. The van der Waals surface area contributed by atoms with E-state index in [0.29, 0.717) is 11.1 Å². The minimum atomic E-state index is -3.72. The minimum Gasteiger partial charge on any atom is -0.497 e. The largest absolute Gasteiger partial charge is 0.497 e. The number of rotatable bonds is 9. The third kappa shape index (κ3) is 5.61. The van der Waals surface area contributed by atoms with Crippen molar-refractivity contribution < 1.29 is 22.7 Å². The van der Waals surface area contributed by atoms with Gasteiger partial charge >= 0.3 is 5.97 Å². The maximum Gasteiger partial charge on any atom is 0.317 e. The summed E-state index contributed by atoms with van der Waals surface area (Å²) < 4.78 is 38.3. The van der Waals surface area contributed by atoms with Gasteiger partial charge in [0.15, 0.2) is 0 Å². The molecule has 174 valence electrons. The summed E-state index contributed by atoms with van der Waals surface area (Å²) in [6.07, 6.45) is 5.19. The lowest BCUT2D eigenvalue weighted by Crippen LogP contribution is -2.31. The number of esters is 1. The van der Waals surface area contributed by atoms with Crippen LogP contribution < -0.4 is 4.74 Å². The van der Waals surface area contributed by atoms with Crippen molar-refractivity contribution in [1.82, 2.24) is 4.31 Å². The molecular formula is C26H29NO5S. The van der Waals surface area contributed by atoms with E-state index in [1.54, 1.807) is 50.5 Å². The highest BCUT2D eigenvalue weighted by Gasteiger charge is 2.36. The molecule has 1 heterocycles. The molecule has 0 radical (unpaired) electrons. The summed E-state index contributed by atoms with van der Waals surface area (Å²) in [5, 5.41) is 0. The fourth-order valence-corrected chi connectivity index (χ4v) is 5.05. The quantitative estimate of drug-likeness (QED) is 0.512. The third-order valence-corrected chi connectivity index (χ3v) is 7.33. The van der Waals surface area contributed by atoms with E-state index in [2.05, 4.69) is 6.58 Å². The van der Waals surface area contributed by atoms with E-state index in [1.165, 1.54) is 4.31 Å². The van der Waals surface area contributed by atoms with Gasteiger partial charge in [-0.3, -0.25) is 4.79 Å². The standard InChI is InChI=1S/C26H29NO5S/c1-5-21-17-27(33(29,30)23-14-7-19(3)8-15-23)18-25(21)24(26(28)32-6-2)16-11-20-9-12-22(31-4)13-10-20/h5,7-16,24H,1,6,17-18H2,2-4H3. The molecule has 2 aromatic carbocycles. The molecule has 0 saturated carbocycles. The van der Waals surface area contributed by atoms with Gasteiger partial charge in [0, 0.05) is 13.1 Å². The highest BCUT2D eigenvalue weighted by molar-refractivity contribution is 7.89. The molecule has 7 heteroatoms. The maximum absolute atomic E-state index is 13.2. The van der Waals surface area contributed by atoms with Crippen molar-refractivity contribution in [2.75, 3.05) is 26.8 Å². The molecule has 0 spiro atoms. The van der Waals surface area contributed by atoms with Crippen LogP contribution in [0.4, 0.5) is 0 Å². The Morgan fingerprint density at radius 3 is 2.36 bits per heavy atom. The molecule has 0 N–H and O–H groups in total. The Balaban J connectivity index is 1.91. The highest BCUT2D eigenvalue weighted by Crippen LogP contribution is 2.31. The second kappa shape index (κ2) is 10.6. The average molecular weight is 468 g/mol. The number of methoxy groups -OCH3 is 1. The molecule has 6 nitrogen and oxygen atoms in total. The molecular weight excluding hydrogens is 438 g/mol. The summed E-state index contributed by atoms with van der Waals surface area (Å²) in [4.78, 5) is 13.1. The predicted molar refractivity (Wildman–Crippen MR) is 129 cm³/mol. The summed E-state index contributed by atoms with van der Waals surface area (Å²) in [5.41, 5.74) is 3.24. The lowest BCUT2D eigenvalue weighted by Gasteiger charge is -2.18. The van der Waals surface area contributed by atoms with Gasteiger partial charge in [0.05, 0.1) is 24.5 Å². The number of benzene rings is 2. The van der Waals surface area contributed by atoms with Crippen LogP contribution in [0.5, 0.6) is 5.75 Å². The fraction of sp³-hybridized carbons (Fsp3) is 0.269. The van der Waals surface area contributed by atoms with Crippen molar-refractivity contribution in [1.29, 1.82) is 0 Å². The first-order valence-electron chi connectivity index (χ1n) is 10.7. The topological polar surface area (TPSA) is 72.9 Å². The number of nitrogens with zero attached hydrogens (tertiary/aromatic N) is 1. The molecule has 1 atom stereocenters. The van der Waals surface area contributed by atoms with E-state index in [4.69, 9.17) is 9.47 Å². The zero-order valence-corrected chi connectivity index (χ0v) is 20.0. The number of hydrogen-bond donors (Lipinski definition) is 0. The van der Waals surface area contributed by atoms with Crippen LogP contribution in [0.3, 0.4) is 0 Å². The van der Waals surface area contributed by atoms with Crippen LogP contribution in [0.15, 0.2) is 83.3 Å². The molecule has 0 bridgehead atoms. The van der Waals surface area contributed by atoms with E-state index in [-0.39, 0.29) is 24.6 Å². The summed E-state index contributed by atoms with van der Waals surface area (Å²) in [6.45, 7) is 7.97. The molecule has 1 aliphatic rings. The predicted octanol–water partition coefficient (Wildman–Crippen LogP) is 4.38. The molecule has 1 aliphatic heterocycles. The van der Waals surface area contributed by atoms with Gasteiger partial charge in [-0.2, -0.15) is 4.31 Å². The first-order valence-corrected chi connectivity index (χ1v) is 12.1. The molecule has 0 aromatic heterocycles. The molecule has 1 unspecified atom stereocenters.